The van der Waals surface area contributed by atoms with E-state index in [0.29, 0.717) is 44.4 Å². The molecule has 7 amide bonds. The highest BCUT2D eigenvalue weighted by atomic mass is 32.2. The largest absolute Gasteiger partial charge is 0.480 e. The molecule has 57 heavy (non-hydrogen) atoms. The maximum atomic E-state index is 14.2. The zero-order chi connectivity index (χ0) is 43.4. The third-order valence-electron chi connectivity index (χ3n) is 10.0. The maximum Gasteiger partial charge on any atom is 0.326 e. The number of carboxylic acid groups (broad SMARTS) is 1. The van der Waals surface area contributed by atoms with Crippen molar-refractivity contribution in [1.82, 2.24) is 31.5 Å². The summed E-state index contributed by atoms with van der Waals surface area (Å²) in [6.07, 6.45) is 4.39. The first-order chi connectivity index (χ1) is 26.8. The van der Waals surface area contributed by atoms with E-state index in [1.54, 1.807) is 25.6 Å². The van der Waals surface area contributed by atoms with E-state index in [1.165, 1.54) is 4.90 Å². The molecule has 1 fully saturated rings. The number of amides is 7. The van der Waals surface area contributed by atoms with Crippen molar-refractivity contribution in [3.63, 3.8) is 0 Å². The number of hydrogen-bond donors (Lipinski definition) is 9. The second kappa shape index (κ2) is 26.1. The van der Waals surface area contributed by atoms with Gasteiger partial charge in [0.1, 0.15) is 36.3 Å². The Hall–Kier alpha value is -3.97. The van der Waals surface area contributed by atoms with Crippen LogP contribution in [0.4, 0.5) is 0 Å². The van der Waals surface area contributed by atoms with Crippen LogP contribution in [0.1, 0.15) is 106 Å². The Morgan fingerprint density at radius 2 is 1.39 bits per heavy atom. The molecule has 1 saturated heterocycles. The summed E-state index contributed by atoms with van der Waals surface area (Å²) in [5.41, 5.74) is 17.1. The van der Waals surface area contributed by atoms with Crippen molar-refractivity contribution in [3.8, 4) is 0 Å². The predicted molar refractivity (Wildman–Crippen MR) is 218 cm³/mol. The van der Waals surface area contributed by atoms with Gasteiger partial charge in [-0.1, -0.05) is 48.0 Å². The van der Waals surface area contributed by atoms with Crippen molar-refractivity contribution in [2.24, 2.45) is 35.0 Å². The van der Waals surface area contributed by atoms with Gasteiger partial charge < -0.3 is 53.8 Å². The summed E-state index contributed by atoms with van der Waals surface area (Å²) in [5.74, 6) is -5.85. The number of primary amides is 1. The molecule has 0 spiro atoms. The van der Waals surface area contributed by atoms with Crippen molar-refractivity contribution in [2.45, 2.75) is 148 Å². The summed E-state index contributed by atoms with van der Waals surface area (Å²) in [7, 11) is 0. The van der Waals surface area contributed by atoms with Crippen LogP contribution in [-0.4, -0.2) is 125 Å². The van der Waals surface area contributed by atoms with Crippen LogP contribution < -0.4 is 43.8 Å². The van der Waals surface area contributed by atoms with Crippen LogP contribution in [0.2, 0.25) is 0 Å². The second-order valence-corrected chi connectivity index (χ2v) is 16.6. The lowest BCUT2D eigenvalue weighted by Gasteiger charge is -2.32. The minimum Gasteiger partial charge on any atom is -0.480 e. The third kappa shape index (κ3) is 17.6. The molecule has 19 heteroatoms. The topological polar surface area (TPSA) is 298 Å². The molecule has 8 atom stereocenters. The standard InChI is InChI=1S/C38H69N9O9S/c1-8-23(6)31(46-32(49)24(40)16-19-57-7)36(53)44-27(20-21(2)3)37(54)47-18-11-13-28(47)35(52)43-26(14-15-29(41)48)33(50)42-25(12-9-10-17-39)34(51)45-30(22(4)5)38(55)56/h21-28,30-31H,8-20,39-40H2,1-7H3,(H2,41,48)(H,42,50)(H,43,52)(H,44,53)(H,45,51)(H,46,49)(H,55,56)/t23-,24-,25-,26-,27-,28-,30-,31-/m0/s1. The maximum absolute atomic E-state index is 14.2. The molecular weight excluding hydrogens is 759 g/mol. The van der Waals surface area contributed by atoms with E-state index in [2.05, 4.69) is 26.6 Å². The number of unbranched alkanes of at least 4 members (excludes halogenated alkanes) is 1. The summed E-state index contributed by atoms with van der Waals surface area (Å²) in [4.78, 5) is 107. The van der Waals surface area contributed by atoms with Gasteiger partial charge in [-0.15, -0.1) is 0 Å². The SMILES string of the molecule is CC[C@H](C)[C@H](NC(=O)[C@@H](N)CCSC)C(=O)N[C@@H](CC(C)C)C(=O)N1CCC[C@H]1C(=O)N[C@@H](CCC(N)=O)C(=O)N[C@@H](CCCCN)C(=O)N[C@H](C(=O)O)C(C)C. The number of nitrogens with two attached hydrogens (primary N) is 3. The molecule has 1 rings (SSSR count). The van der Waals surface area contributed by atoms with E-state index in [-0.39, 0.29) is 50.5 Å². The molecule has 1 heterocycles. The Kier molecular flexibility index (Phi) is 23.4. The summed E-state index contributed by atoms with van der Waals surface area (Å²) < 4.78 is 0. The number of aliphatic carboxylic acids is 1. The minimum atomic E-state index is -1.35. The minimum absolute atomic E-state index is 0.0473. The van der Waals surface area contributed by atoms with Crippen LogP contribution in [0.15, 0.2) is 0 Å². The fraction of sp³-hybridized carbons (Fsp3) is 0.789. The van der Waals surface area contributed by atoms with E-state index in [0.717, 1.165) is 0 Å². The summed E-state index contributed by atoms with van der Waals surface area (Å²) in [6, 6.07) is -7.59. The first-order valence-electron chi connectivity index (χ1n) is 20.1. The molecule has 0 aromatic rings. The van der Waals surface area contributed by atoms with Crippen molar-refractivity contribution in [3.05, 3.63) is 0 Å². The molecule has 18 nitrogen and oxygen atoms in total. The average molecular weight is 828 g/mol. The lowest BCUT2D eigenvalue weighted by molar-refractivity contribution is -0.144. The van der Waals surface area contributed by atoms with Crippen molar-refractivity contribution < 1.29 is 43.5 Å². The quantitative estimate of drug-likeness (QED) is 0.0483. The zero-order valence-corrected chi connectivity index (χ0v) is 35.6. The van der Waals surface area contributed by atoms with Crippen molar-refractivity contribution >= 4 is 59.1 Å². The highest BCUT2D eigenvalue weighted by Gasteiger charge is 2.40. The lowest BCUT2D eigenvalue weighted by Crippen LogP contribution is -2.60. The van der Waals surface area contributed by atoms with Gasteiger partial charge >= 0.3 is 5.97 Å². The average Bonchev–Trinajstić information content (AvgIpc) is 3.64. The van der Waals surface area contributed by atoms with Crippen LogP contribution in [0, 0.1) is 17.8 Å². The molecule has 0 aromatic heterocycles. The van der Waals surface area contributed by atoms with Gasteiger partial charge in [-0.25, -0.2) is 4.79 Å². The normalized spacial score (nSPS) is 17.7. The highest BCUT2D eigenvalue weighted by molar-refractivity contribution is 7.98. The number of carbonyl (C=O) groups excluding carboxylic acids is 7. The Morgan fingerprint density at radius 1 is 0.789 bits per heavy atom. The number of likely N-dealkylation sites (tertiary alicyclic amines) is 1. The first-order valence-corrected chi connectivity index (χ1v) is 21.5. The number of rotatable bonds is 27. The van der Waals surface area contributed by atoms with Gasteiger partial charge in [-0.3, -0.25) is 33.6 Å². The van der Waals surface area contributed by atoms with Gasteiger partial charge in [-0.2, -0.15) is 11.8 Å². The Morgan fingerprint density at radius 3 is 1.93 bits per heavy atom. The molecule has 0 saturated carbocycles. The van der Waals surface area contributed by atoms with Gasteiger partial charge in [0, 0.05) is 13.0 Å². The van der Waals surface area contributed by atoms with Crippen LogP contribution >= 0.6 is 11.8 Å². The number of nitrogens with one attached hydrogen (secondary N) is 5. The van der Waals surface area contributed by atoms with Crippen LogP contribution in [0.25, 0.3) is 0 Å². The summed E-state index contributed by atoms with van der Waals surface area (Å²) in [6.45, 7) is 11.2. The number of carboxylic acids is 1. The number of carbonyl (C=O) groups is 8. The lowest BCUT2D eigenvalue weighted by atomic mass is 9.96. The van der Waals surface area contributed by atoms with Crippen LogP contribution in [0.5, 0.6) is 0 Å². The summed E-state index contributed by atoms with van der Waals surface area (Å²) >= 11 is 1.55. The second-order valence-electron chi connectivity index (χ2n) is 15.6. The molecule has 12 N–H and O–H groups in total. The van der Waals surface area contributed by atoms with Gasteiger partial charge in [0.05, 0.1) is 6.04 Å². The fourth-order valence-corrected chi connectivity index (χ4v) is 6.91. The highest BCUT2D eigenvalue weighted by Crippen LogP contribution is 2.22. The smallest absolute Gasteiger partial charge is 0.326 e. The van der Waals surface area contributed by atoms with E-state index in [4.69, 9.17) is 17.2 Å². The van der Waals surface area contributed by atoms with Crippen molar-refractivity contribution in [1.29, 1.82) is 0 Å². The molecule has 326 valence electrons. The molecule has 0 bridgehead atoms. The van der Waals surface area contributed by atoms with Gasteiger partial charge in [0.25, 0.3) is 0 Å². The van der Waals surface area contributed by atoms with E-state index in [1.807, 2.05) is 34.0 Å². The van der Waals surface area contributed by atoms with Crippen LogP contribution in [0.3, 0.4) is 0 Å². The number of hydrogen-bond acceptors (Lipinski definition) is 11. The Labute approximate surface area is 341 Å². The number of nitrogens with zero attached hydrogens (tertiary/aromatic N) is 1. The predicted octanol–water partition coefficient (Wildman–Crippen LogP) is -0.291. The molecule has 0 radical (unpaired) electrons. The third-order valence-corrected chi connectivity index (χ3v) is 10.7. The van der Waals surface area contributed by atoms with E-state index in [9.17, 15) is 43.5 Å². The Bertz CT molecular complexity index is 1370. The number of thioether (sulfide) groups is 1. The molecule has 1 aliphatic rings. The fourth-order valence-electron chi connectivity index (χ4n) is 6.42. The van der Waals surface area contributed by atoms with Crippen molar-refractivity contribution in [2.75, 3.05) is 25.1 Å². The molecular formula is C38H69N9O9S. The van der Waals surface area contributed by atoms with E-state index < -0.39 is 95.5 Å². The Balaban J connectivity index is 3.31. The zero-order valence-electron chi connectivity index (χ0n) is 34.8. The van der Waals surface area contributed by atoms with Gasteiger partial charge in [0.2, 0.25) is 41.4 Å². The molecule has 0 aromatic carbocycles. The van der Waals surface area contributed by atoms with Gasteiger partial charge in [-0.05, 0) is 87.7 Å². The van der Waals surface area contributed by atoms with E-state index >= 15 is 0 Å². The molecule has 0 aliphatic carbocycles. The summed E-state index contributed by atoms with van der Waals surface area (Å²) in [5, 5.41) is 23.0. The first kappa shape index (κ1) is 51.0. The molecule has 0 unspecified atom stereocenters. The van der Waals surface area contributed by atoms with Gasteiger partial charge in [0.15, 0.2) is 0 Å². The monoisotopic (exact) mass is 827 g/mol. The van der Waals surface area contributed by atoms with Crippen LogP contribution in [-0.2, 0) is 38.4 Å². The molecule has 1 aliphatic heterocycles.